The Morgan fingerprint density at radius 3 is 1.74 bits per heavy atom. The number of carboxylic acids is 1. The van der Waals surface area contributed by atoms with E-state index in [1.165, 1.54) is 42.7 Å². The molecule has 3 N–H and O–H groups in total. The van der Waals surface area contributed by atoms with Gasteiger partial charge in [-0.25, -0.2) is 14.6 Å². The molecule has 4 aromatic heterocycles. The van der Waals surface area contributed by atoms with E-state index in [1.807, 2.05) is 126 Å². The van der Waals surface area contributed by atoms with Crippen LogP contribution in [-0.4, -0.2) is 205 Å². The van der Waals surface area contributed by atoms with Gasteiger partial charge < -0.3 is 91.4 Å². The summed E-state index contributed by atoms with van der Waals surface area (Å²) in [4.78, 5) is 157. The Morgan fingerprint density at radius 2 is 1.11 bits per heavy atom. The zero-order chi connectivity index (χ0) is 96.4. The first kappa shape index (κ1) is 105. The van der Waals surface area contributed by atoms with Crippen molar-refractivity contribution in [3.63, 3.8) is 0 Å². The number of methoxy groups -OCH3 is 6. The average molecular weight is 1860 g/mol. The van der Waals surface area contributed by atoms with Crippen LogP contribution in [0.15, 0.2) is 99.0 Å². The number of hydrogen-bond acceptors (Lipinski definition) is 28. The van der Waals surface area contributed by atoms with Crippen LogP contribution in [0, 0.1) is 82.8 Å². The van der Waals surface area contributed by atoms with Gasteiger partial charge in [0.1, 0.15) is 6.61 Å². The van der Waals surface area contributed by atoms with Gasteiger partial charge >= 0.3 is 70.5 Å². The maximum Gasteiger partial charge on any atom is 3.00 e. The molecule has 0 amide bonds. The molecular formula is C98H122CoN13O20. The quantitative estimate of drug-likeness (QED) is 0.0162. The molecule has 1 saturated heterocycles. The first-order valence-corrected chi connectivity index (χ1v) is 43.9. The molecule has 132 heavy (non-hydrogen) atoms. The molecule has 7 aliphatic heterocycles. The average Bonchev–Trinajstić information content (AvgIpc) is 1.52. The van der Waals surface area contributed by atoms with Crippen LogP contribution in [0.3, 0.4) is 0 Å². The molecular weight excluding hydrogens is 1740 g/mol. The number of esters is 8. The van der Waals surface area contributed by atoms with Crippen molar-refractivity contribution in [2.45, 2.75) is 210 Å². The number of allylic oxidation sites excluding steroid dienone is 11. The third-order valence-electron chi connectivity index (χ3n) is 27.5. The molecule has 0 aromatic carbocycles. The van der Waals surface area contributed by atoms with Gasteiger partial charge in [0.25, 0.3) is 0 Å². The van der Waals surface area contributed by atoms with Gasteiger partial charge in [0, 0.05) is 141 Å². The molecule has 11 heterocycles. The predicted molar refractivity (Wildman–Crippen MR) is 489 cm³/mol. The summed E-state index contributed by atoms with van der Waals surface area (Å²) >= 11 is 0. The number of hydrogen-bond donors (Lipinski definition) is 3. The van der Waals surface area contributed by atoms with Gasteiger partial charge in [-0.2, -0.15) is 5.70 Å². The van der Waals surface area contributed by atoms with Gasteiger partial charge in [-0.05, 0) is 186 Å². The van der Waals surface area contributed by atoms with E-state index in [9.17, 15) is 48.3 Å². The van der Waals surface area contributed by atoms with Crippen LogP contribution in [0.2, 0.25) is 0 Å². The molecule has 0 aliphatic carbocycles. The minimum Gasteiger partial charge on any atom is -0.682 e. The molecule has 16 bridgehead atoms. The third kappa shape index (κ3) is 22.6. The predicted octanol–water partition coefficient (Wildman–Crippen LogP) is 15.1. The monoisotopic (exact) mass is 1860 g/mol. The Hall–Kier alpha value is -12.1. The number of aliphatic carboxylic acids is 1. The maximum absolute atomic E-state index is 14.9. The van der Waals surface area contributed by atoms with Crippen molar-refractivity contribution in [1.29, 1.82) is 10.5 Å². The van der Waals surface area contributed by atoms with Gasteiger partial charge in [0.2, 0.25) is 0 Å². The van der Waals surface area contributed by atoms with Crippen molar-refractivity contribution >= 4 is 121 Å². The van der Waals surface area contributed by atoms with Crippen LogP contribution in [0.1, 0.15) is 216 Å². The fourth-order valence-electron chi connectivity index (χ4n) is 19.7. The Bertz CT molecular complexity index is 5590. The Morgan fingerprint density at radius 1 is 0.553 bits per heavy atom. The Kier molecular flexibility index (Phi) is 36.5. The molecule has 34 heteroatoms. The summed E-state index contributed by atoms with van der Waals surface area (Å²) in [6.45, 7) is 42.2. The summed E-state index contributed by atoms with van der Waals surface area (Å²) in [7, 11) is 7.80. The van der Waals surface area contributed by atoms with Crippen molar-refractivity contribution in [3.05, 3.63) is 153 Å². The molecule has 33 nitrogen and oxygen atoms in total. The van der Waals surface area contributed by atoms with Gasteiger partial charge in [0.15, 0.2) is 0 Å². The molecule has 0 spiro atoms. The number of aryl methyl sites for hydroxylation is 4. The van der Waals surface area contributed by atoms with Crippen molar-refractivity contribution in [3.8, 4) is 0 Å². The van der Waals surface area contributed by atoms with Crippen LogP contribution in [0.5, 0.6) is 0 Å². The molecule has 11 rings (SSSR count). The fraction of sp³-hybridized carbons (Fsp3) is 0.531. The first-order chi connectivity index (χ1) is 62.4. The summed E-state index contributed by atoms with van der Waals surface area (Å²) in [5, 5.41) is 36.7. The zero-order valence-electron chi connectivity index (χ0n) is 78.8. The minimum atomic E-state index is -1.47. The van der Waals surface area contributed by atoms with Gasteiger partial charge in [-0.15, -0.1) is 5.10 Å². The van der Waals surface area contributed by atoms with Crippen LogP contribution in [0.4, 0.5) is 0 Å². The largest absolute Gasteiger partial charge is 3.00 e. The molecule has 0 saturated carbocycles. The number of aliphatic imine (C=N–C) groups is 3. The van der Waals surface area contributed by atoms with E-state index in [0.29, 0.717) is 99.5 Å². The second-order valence-electron chi connectivity index (χ2n) is 35.2. The Balaban J connectivity index is 0.00000423. The number of ether oxygens (including phenoxy) is 10. The number of nitrogens with zero attached hydrogens (tertiary/aromatic N) is 11. The van der Waals surface area contributed by atoms with Crippen LogP contribution < -0.4 is 0 Å². The number of H-pyrrole nitrogens is 2. The molecule has 0 radical (unpaired) electrons. The summed E-state index contributed by atoms with van der Waals surface area (Å²) < 4.78 is 57.3. The second kappa shape index (κ2) is 45.8. The van der Waals surface area contributed by atoms with Crippen LogP contribution in [-0.2, 0) is 127 Å². The van der Waals surface area contributed by atoms with E-state index in [2.05, 4.69) is 33.4 Å². The van der Waals surface area contributed by atoms with E-state index in [1.54, 1.807) is 10.8 Å². The van der Waals surface area contributed by atoms with E-state index >= 15 is 0 Å². The number of nitrogens with one attached hydrogen (secondary N) is 2. The maximum atomic E-state index is 14.9. The van der Waals surface area contributed by atoms with E-state index < -0.39 is 105 Å². The molecule has 9 atom stereocenters. The standard InChI is InChI=1S/C96H123N11O20.2CN.Co/c1-21-60-53(3)68-45-69-56(6)63(75(99-69)48-74-62(25-30-78(108)109)55(5)71(100-74)47-73-61(22-2)54(4)70(98-73)46-72(60)97-68)26-31-83(114)126-38-23-24-59-52-107(106-105-59)37-39-124-40-41-125-42-43-127-86(117)50-94(12)64(27-32-79(110)118-15)76-49-77-92(9,10)65(28-33-80(111)119-16)87(102-77)57(7)89-93(11,36-35-82(113)121-18)67(44-84(115)122-19)91(103-89)96(14)95(13,51-85(116)123-20)66(29-34-81(112)120-17)88(104-96)58(8)90(94)101-76;2*1-2;/h21-22,45-49,52,64-67,91H,1-2,23-44,50-51H2,3-20H3,(H4,97,98,99,100,101,102,103,104,105,106,108,109);;;/q;2*-1;+3/p-1/t64-,65-,66-,67+,91?,93-,94+,95+,96+;;;/m1.../s1. The molecule has 7 aliphatic rings. The van der Waals surface area contributed by atoms with Crippen LogP contribution in [0.25, 0.3) is 55.8 Å². The van der Waals surface area contributed by atoms with Crippen LogP contribution >= 0.6 is 0 Å². The van der Waals surface area contributed by atoms with Gasteiger partial charge in [-0.3, -0.25) is 58.1 Å². The molecule has 1 unspecified atom stereocenters. The van der Waals surface area contributed by atoms with Crippen molar-refractivity contribution in [2.24, 2.45) is 60.3 Å². The number of fused-ring (bicyclic) bond motifs is 14. The first-order valence-electron chi connectivity index (χ1n) is 43.9. The number of aromatic nitrogens is 7. The summed E-state index contributed by atoms with van der Waals surface area (Å²) in [5.41, 5.74) is 12.0. The van der Waals surface area contributed by atoms with Crippen molar-refractivity contribution in [2.75, 3.05) is 82.3 Å². The second-order valence-corrected chi connectivity index (χ2v) is 35.2. The molecule has 4 aromatic rings. The van der Waals surface area contributed by atoms with Gasteiger partial charge in [0.05, 0.1) is 135 Å². The normalized spacial score (nSPS) is 23.4. The third-order valence-corrected chi connectivity index (χ3v) is 27.5. The number of carbonyl (C=O) groups is 9. The summed E-state index contributed by atoms with van der Waals surface area (Å²) in [6, 6.07) is 6.95. The van der Waals surface area contributed by atoms with Crippen molar-refractivity contribution < 1.29 is 112 Å². The zero-order valence-corrected chi connectivity index (χ0v) is 79.9. The van der Waals surface area contributed by atoms with Gasteiger partial charge in [-0.1, -0.05) is 71.2 Å². The fourth-order valence-corrected chi connectivity index (χ4v) is 19.7. The summed E-state index contributed by atoms with van der Waals surface area (Å²) in [6.07, 6.45) is 8.50. The Labute approximate surface area is 781 Å². The SMILES string of the molecule is C=CC1=C(C)c2cc3[nH]c(cc4nc(cc5[nH]c(cc1n2)c(C)c5CCC(=O)O)C(CCC(=O)OCCCc1cn(CCOCCOCCOC(=O)C[C@]2(C)/C5=C(\C)C6=N[C@@](C)(C7[N-]/C(=C(/C)C8=N/C(=C\C(=N5)[C@H]2CCC(=O)OC)C(C)(C)[C@@H]8CCC(=O)OC)[C@](C)(CCC(=O)OC)[C@H]7CC(=O)OC)[C@@](C)(CC(=O)OC)[C@@H]6CCC(=O)OC)nn1)=C4C)c(C)c3C=C.[C-]#N.[C-]#N.[Co+3]. The topological polar surface area (TPSA) is 453 Å². The van der Waals surface area contributed by atoms with E-state index in [4.69, 9.17) is 101 Å². The molecule has 1 fully saturated rings. The number of carboxylic acid groups (broad SMARTS) is 1. The van der Waals surface area contributed by atoms with E-state index in [0.717, 1.165) is 66.8 Å². The molecule has 708 valence electrons. The van der Waals surface area contributed by atoms with Crippen molar-refractivity contribution in [1.82, 2.24) is 34.9 Å². The smallest absolute Gasteiger partial charge is 0.682 e. The van der Waals surface area contributed by atoms with E-state index in [-0.39, 0.29) is 152 Å². The summed E-state index contributed by atoms with van der Waals surface area (Å²) in [5.74, 6) is -7.79. The number of carbonyl (C=O) groups excluding carboxylic acids is 8. The number of aromatic amines is 2. The minimum absolute atomic E-state index is 0. The number of rotatable bonds is 39.